The molecule has 0 aliphatic heterocycles. The first-order chi connectivity index (χ1) is 10.2. The third-order valence-electron chi connectivity index (χ3n) is 3.01. The van der Waals surface area contributed by atoms with Crippen molar-refractivity contribution >= 4 is 11.6 Å². The lowest BCUT2D eigenvalue weighted by molar-refractivity contribution is 0.102. The molecule has 3 rings (SSSR count). The monoisotopic (exact) mass is 281 g/mol. The van der Waals surface area contributed by atoms with E-state index in [0.717, 1.165) is 5.69 Å². The van der Waals surface area contributed by atoms with Gasteiger partial charge in [-0.3, -0.25) is 4.79 Å². The number of amides is 1. The van der Waals surface area contributed by atoms with Crippen molar-refractivity contribution in [3.8, 4) is 5.69 Å². The van der Waals surface area contributed by atoms with Gasteiger partial charge in [0, 0.05) is 30.0 Å². The number of hydrogen-bond acceptors (Lipinski definition) is 2. The molecule has 0 aliphatic carbocycles. The molecule has 1 amide bonds. The maximum atomic E-state index is 13.5. The highest BCUT2D eigenvalue weighted by Crippen LogP contribution is 2.16. The Balaban J connectivity index is 1.84. The van der Waals surface area contributed by atoms with Gasteiger partial charge >= 0.3 is 0 Å². The van der Waals surface area contributed by atoms with Crippen molar-refractivity contribution in [3.05, 3.63) is 78.6 Å². The maximum Gasteiger partial charge on any atom is 0.260 e. The Bertz CT molecular complexity index is 769. The lowest BCUT2D eigenvalue weighted by Crippen LogP contribution is -2.14. The van der Waals surface area contributed by atoms with Crippen LogP contribution in [0, 0.1) is 5.95 Å². The van der Waals surface area contributed by atoms with Crippen LogP contribution in [0.5, 0.6) is 0 Å². The fourth-order valence-electron chi connectivity index (χ4n) is 2.00. The second-order valence-electron chi connectivity index (χ2n) is 4.44. The summed E-state index contributed by atoms with van der Waals surface area (Å²) in [4.78, 5) is 15.5. The van der Waals surface area contributed by atoms with Crippen LogP contribution in [0.2, 0.25) is 0 Å². The largest absolute Gasteiger partial charge is 0.324 e. The number of aromatic nitrogens is 2. The maximum absolute atomic E-state index is 13.5. The molecule has 0 spiro atoms. The number of hydrogen-bond donors (Lipinski definition) is 1. The van der Waals surface area contributed by atoms with Crippen LogP contribution >= 0.6 is 0 Å². The summed E-state index contributed by atoms with van der Waals surface area (Å²) in [6.45, 7) is 0. The van der Waals surface area contributed by atoms with Crippen LogP contribution in [0.4, 0.5) is 10.1 Å². The molecule has 0 saturated heterocycles. The first-order valence-electron chi connectivity index (χ1n) is 6.39. The number of carbonyl (C=O) groups excluding carboxylic acids is 1. The number of halogens is 1. The Morgan fingerprint density at radius 2 is 1.90 bits per heavy atom. The minimum Gasteiger partial charge on any atom is -0.324 e. The van der Waals surface area contributed by atoms with Crippen molar-refractivity contribution in [2.45, 2.75) is 0 Å². The van der Waals surface area contributed by atoms with E-state index in [1.165, 1.54) is 18.3 Å². The molecular formula is C16H12FN3O. The second kappa shape index (κ2) is 5.58. The molecule has 1 N–H and O–H groups in total. The lowest BCUT2D eigenvalue weighted by Gasteiger charge is -2.08. The van der Waals surface area contributed by atoms with Gasteiger partial charge in [0.1, 0.15) is 0 Å². The molecule has 21 heavy (non-hydrogen) atoms. The number of anilines is 1. The van der Waals surface area contributed by atoms with E-state index in [2.05, 4.69) is 10.3 Å². The van der Waals surface area contributed by atoms with Crippen molar-refractivity contribution in [2.24, 2.45) is 0 Å². The zero-order chi connectivity index (χ0) is 14.7. The number of rotatable bonds is 3. The molecule has 0 aliphatic rings. The molecule has 0 radical (unpaired) electrons. The number of nitrogens with zero attached hydrogens (tertiary/aromatic N) is 2. The third kappa shape index (κ3) is 2.81. The zero-order valence-corrected chi connectivity index (χ0v) is 11.0. The van der Waals surface area contributed by atoms with E-state index in [9.17, 15) is 9.18 Å². The van der Waals surface area contributed by atoms with Crippen molar-refractivity contribution in [1.29, 1.82) is 0 Å². The number of benzene rings is 1. The predicted molar refractivity (Wildman–Crippen MR) is 77.9 cm³/mol. The molecule has 4 nitrogen and oxygen atoms in total. The quantitative estimate of drug-likeness (QED) is 0.749. The molecule has 0 bridgehead atoms. The number of nitrogens with one attached hydrogen (secondary N) is 1. The Labute approximate surface area is 120 Å². The summed E-state index contributed by atoms with van der Waals surface area (Å²) in [5.74, 6) is -1.30. The Morgan fingerprint density at radius 1 is 1.10 bits per heavy atom. The smallest absolute Gasteiger partial charge is 0.260 e. The third-order valence-corrected chi connectivity index (χ3v) is 3.01. The molecule has 0 unspecified atom stereocenters. The minimum atomic E-state index is -0.781. The predicted octanol–water partition coefficient (Wildman–Crippen LogP) is 3.26. The molecular weight excluding hydrogens is 269 g/mol. The summed E-state index contributed by atoms with van der Waals surface area (Å²) in [5.41, 5.74) is 1.42. The average molecular weight is 281 g/mol. The second-order valence-corrected chi connectivity index (χ2v) is 4.44. The normalized spacial score (nSPS) is 10.3. The van der Waals surface area contributed by atoms with Gasteiger partial charge in [-0.25, -0.2) is 4.98 Å². The molecule has 0 atom stereocenters. The Morgan fingerprint density at radius 3 is 2.67 bits per heavy atom. The molecule has 2 heterocycles. The van der Waals surface area contributed by atoms with Gasteiger partial charge in [0.15, 0.2) is 0 Å². The molecule has 104 valence electrons. The van der Waals surface area contributed by atoms with Gasteiger partial charge in [-0.1, -0.05) is 6.07 Å². The van der Waals surface area contributed by atoms with Gasteiger partial charge < -0.3 is 9.88 Å². The summed E-state index contributed by atoms with van der Waals surface area (Å²) >= 11 is 0. The standard InChI is InChI=1S/C16H12FN3O/c17-15-14(7-4-8-18-15)16(21)19-12-5-3-6-13(11-12)20-9-1-2-10-20/h1-11H,(H,19,21). The fraction of sp³-hybridized carbons (Fsp3) is 0. The van der Waals surface area contributed by atoms with Gasteiger partial charge in [0.05, 0.1) is 5.56 Å². The van der Waals surface area contributed by atoms with Crippen LogP contribution < -0.4 is 5.32 Å². The molecule has 0 fully saturated rings. The van der Waals surface area contributed by atoms with Crippen molar-refractivity contribution < 1.29 is 9.18 Å². The molecule has 3 aromatic rings. The summed E-state index contributed by atoms with van der Waals surface area (Å²) in [5, 5.41) is 2.67. The van der Waals surface area contributed by atoms with Gasteiger partial charge in [-0.05, 0) is 42.5 Å². The van der Waals surface area contributed by atoms with E-state index < -0.39 is 11.9 Å². The van der Waals surface area contributed by atoms with E-state index >= 15 is 0 Å². The topological polar surface area (TPSA) is 46.9 Å². The van der Waals surface area contributed by atoms with Crippen molar-refractivity contribution in [3.63, 3.8) is 0 Å². The first-order valence-corrected chi connectivity index (χ1v) is 6.39. The Hall–Kier alpha value is -2.95. The van der Waals surface area contributed by atoms with Crippen molar-refractivity contribution in [1.82, 2.24) is 9.55 Å². The fourth-order valence-corrected chi connectivity index (χ4v) is 2.00. The highest BCUT2D eigenvalue weighted by atomic mass is 19.1. The highest BCUT2D eigenvalue weighted by molar-refractivity contribution is 6.04. The summed E-state index contributed by atoms with van der Waals surface area (Å²) in [6.07, 6.45) is 5.11. The van der Waals surface area contributed by atoms with Crippen LogP contribution in [-0.2, 0) is 0 Å². The van der Waals surface area contributed by atoms with Crippen LogP contribution in [-0.4, -0.2) is 15.5 Å². The molecule has 0 saturated carbocycles. The summed E-state index contributed by atoms with van der Waals surface area (Å²) in [6, 6.07) is 14.0. The lowest BCUT2D eigenvalue weighted by atomic mass is 10.2. The van der Waals surface area contributed by atoms with E-state index in [-0.39, 0.29) is 5.56 Å². The van der Waals surface area contributed by atoms with Crippen LogP contribution in [0.3, 0.4) is 0 Å². The minimum absolute atomic E-state index is 0.0798. The van der Waals surface area contributed by atoms with Gasteiger partial charge in [-0.2, -0.15) is 4.39 Å². The highest BCUT2D eigenvalue weighted by Gasteiger charge is 2.12. The number of carbonyl (C=O) groups is 1. The van der Waals surface area contributed by atoms with Crippen molar-refractivity contribution in [2.75, 3.05) is 5.32 Å². The van der Waals surface area contributed by atoms with Crippen LogP contribution in [0.25, 0.3) is 5.69 Å². The van der Waals surface area contributed by atoms with E-state index in [1.54, 1.807) is 6.07 Å². The van der Waals surface area contributed by atoms with Gasteiger partial charge in [-0.15, -0.1) is 0 Å². The Kier molecular flexibility index (Phi) is 3.47. The first kappa shape index (κ1) is 13.1. The number of pyridine rings is 1. The average Bonchev–Trinajstić information content (AvgIpc) is 3.02. The SMILES string of the molecule is O=C(Nc1cccc(-n2cccc2)c1)c1cccnc1F. The molecule has 2 aromatic heterocycles. The summed E-state index contributed by atoms with van der Waals surface area (Å²) < 4.78 is 15.4. The zero-order valence-electron chi connectivity index (χ0n) is 11.0. The molecule has 5 heteroatoms. The van der Waals surface area contributed by atoms with Crippen LogP contribution in [0.15, 0.2) is 67.1 Å². The van der Waals surface area contributed by atoms with Gasteiger partial charge in [0.2, 0.25) is 5.95 Å². The van der Waals surface area contributed by atoms with E-state index in [0.29, 0.717) is 5.69 Å². The van der Waals surface area contributed by atoms with Crippen LogP contribution in [0.1, 0.15) is 10.4 Å². The van der Waals surface area contributed by atoms with E-state index in [4.69, 9.17) is 0 Å². The molecule has 1 aromatic carbocycles. The van der Waals surface area contributed by atoms with Gasteiger partial charge in [0.25, 0.3) is 5.91 Å². The van der Waals surface area contributed by atoms with E-state index in [1.807, 2.05) is 47.3 Å². The summed E-state index contributed by atoms with van der Waals surface area (Å²) in [7, 11) is 0.